The molecule has 0 fully saturated rings. The summed E-state index contributed by atoms with van der Waals surface area (Å²) in [5.41, 5.74) is 0.625. The lowest BCUT2D eigenvalue weighted by Gasteiger charge is -2.02. The van der Waals surface area contributed by atoms with E-state index in [2.05, 4.69) is 0 Å². The molecular formula is C14H10ClNO4S. The zero-order chi connectivity index (χ0) is 15.8. The van der Waals surface area contributed by atoms with Crippen molar-refractivity contribution in [2.45, 2.75) is 6.92 Å². The quantitative estimate of drug-likeness (QED) is 0.793. The van der Waals surface area contributed by atoms with Crippen LogP contribution in [-0.4, -0.2) is 14.7 Å². The van der Waals surface area contributed by atoms with Crippen molar-refractivity contribution in [1.82, 2.24) is 0 Å². The Labute approximate surface area is 126 Å². The molecule has 21 heavy (non-hydrogen) atoms. The summed E-state index contributed by atoms with van der Waals surface area (Å²) in [6.45, 7) is 1.77. The lowest BCUT2D eigenvalue weighted by atomic mass is 10.1. The zero-order valence-electron chi connectivity index (χ0n) is 11.2. The molecule has 5 nitrogen and oxygen atoms in total. The number of aryl methyl sites for hydroxylation is 1. The van der Waals surface area contributed by atoms with Crippen molar-refractivity contribution in [2.24, 2.45) is 0 Å². The molecule has 0 bridgehead atoms. The maximum absolute atomic E-state index is 12.3. The minimum absolute atomic E-state index is 0.0237. The van der Waals surface area contributed by atoms with Crippen LogP contribution in [0.4, 0.5) is 0 Å². The Balaban J connectivity index is 2.77. The largest absolute Gasteiger partial charge is 0.463 e. The van der Waals surface area contributed by atoms with Crippen molar-refractivity contribution in [1.29, 1.82) is 5.26 Å². The smallest absolute Gasteiger partial charge is 0.200 e. The fourth-order valence-corrected chi connectivity index (χ4v) is 2.40. The summed E-state index contributed by atoms with van der Waals surface area (Å²) < 4.78 is 28.1. The molecule has 7 heteroatoms. The van der Waals surface area contributed by atoms with E-state index in [1.54, 1.807) is 19.1 Å². The fraction of sp³-hybridized carbons (Fsp3) is 0.143. The molecule has 1 aromatic carbocycles. The molecule has 0 unspecified atom stereocenters. The van der Waals surface area contributed by atoms with Gasteiger partial charge in [-0.2, -0.15) is 5.26 Å². The Kier molecular flexibility index (Phi) is 3.90. The molecule has 2 rings (SSSR count). The Morgan fingerprint density at radius 1 is 1.43 bits per heavy atom. The number of fused-ring (bicyclic) bond motifs is 1. The number of nitrogens with zero attached hydrogens (tertiary/aromatic N) is 1. The number of halogens is 1. The molecule has 0 saturated carbocycles. The van der Waals surface area contributed by atoms with Crippen LogP contribution < -0.4 is 5.43 Å². The van der Waals surface area contributed by atoms with Gasteiger partial charge in [-0.25, -0.2) is 8.42 Å². The van der Waals surface area contributed by atoms with E-state index in [0.717, 1.165) is 24.2 Å². The summed E-state index contributed by atoms with van der Waals surface area (Å²) in [5, 5.41) is 9.49. The molecule has 0 aliphatic heterocycles. The second-order valence-corrected chi connectivity index (χ2v) is 6.90. The second kappa shape index (κ2) is 5.35. The minimum Gasteiger partial charge on any atom is -0.463 e. The monoisotopic (exact) mass is 323 g/mol. The summed E-state index contributed by atoms with van der Waals surface area (Å²) in [7, 11) is -3.70. The summed E-state index contributed by atoms with van der Waals surface area (Å²) in [6.07, 6.45) is 3.01. The van der Waals surface area contributed by atoms with E-state index in [9.17, 15) is 13.2 Å². The highest BCUT2D eigenvalue weighted by Crippen LogP contribution is 2.22. The molecule has 108 valence electrons. The lowest BCUT2D eigenvalue weighted by molar-refractivity contribution is 0.600. The van der Waals surface area contributed by atoms with Gasteiger partial charge < -0.3 is 4.42 Å². The third kappa shape index (κ3) is 2.99. The normalized spacial score (nSPS) is 12.4. The molecule has 1 aromatic heterocycles. The van der Waals surface area contributed by atoms with Crippen molar-refractivity contribution < 1.29 is 12.8 Å². The highest BCUT2D eigenvalue weighted by Gasteiger charge is 2.14. The number of allylic oxidation sites excluding steroid dienone is 1. The van der Waals surface area contributed by atoms with E-state index in [1.807, 2.05) is 0 Å². The number of hydrogen-bond donors (Lipinski definition) is 0. The highest BCUT2D eigenvalue weighted by atomic mass is 35.5. The molecule has 0 aliphatic rings. The maximum atomic E-state index is 12.3. The third-order valence-corrected chi connectivity index (χ3v) is 4.29. The molecule has 0 spiro atoms. The SMILES string of the molecule is Cc1cc2occ(/C=C(\C#N)S(C)(=O)=O)c(=O)c2cc1Cl. The Morgan fingerprint density at radius 3 is 2.67 bits per heavy atom. The average Bonchev–Trinajstić information content (AvgIpc) is 2.39. The Hall–Kier alpha value is -2.10. The number of rotatable bonds is 2. The summed E-state index contributed by atoms with van der Waals surface area (Å²) >= 11 is 5.97. The van der Waals surface area contributed by atoms with Crippen LogP contribution in [0, 0.1) is 18.3 Å². The first-order valence-corrected chi connectivity index (χ1v) is 8.04. The second-order valence-electron chi connectivity index (χ2n) is 4.51. The van der Waals surface area contributed by atoms with E-state index < -0.39 is 20.2 Å². The topological polar surface area (TPSA) is 88.1 Å². The summed E-state index contributed by atoms with van der Waals surface area (Å²) in [6, 6.07) is 4.63. The molecule has 1 heterocycles. The lowest BCUT2D eigenvalue weighted by Crippen LogP contribution is -2.07. The van der Waals surface area contributed by atoms with Gasteiger partial charge in [-0.15, -0.1) is 0 Å². The van der Waals surface area contributed by atoms with Crippen LogP contribution in [0.15, 0.2) is 32.5 Å². The average molecular weight is 324 g/mol. The maximum Gasteiger partial charge on any atom is 0.200 e. The van der Waals surface area contributed by atoms with Gasteiger partial charge in [0.05, 0.1) is 10.9 Å². The summed E-state index contributed by atoms with van der Waals surface area (Å²) in [4.78, 5) is 11.8. The molecular weight excluding hydrogens is 314 g/mol. The summed E-state index contributed by atoms with van der Waals surface area (Å²) in [5.74, 6) is 0. The van der Waals surface area contributed by atoms with Gasteiger partial charge in [0, 0.05) is 11.3 Å². The van der Waals surface area contributed by atoms with Crippen molar-refractivity contribution in [3.05, 3.63) is 49.7 Å². The molecule has 0 saturated heterocycles. The first kappa shape index (κ1) is 15.3. The first-order chi connectivity index (χ1) is 9.74. The number of sulfone groups is 1. The van der Waals surface area contributed by atoms with Gasteiger partial charge in [0.25, 0.3) is 0 Å². The highest BCUT2D eigenvalue weighted by molar-refractivity contribution is 7.95. The minimum atomic E-state index is -3.70. The van der Waals surface area contributed by atoms with Gasteiger partial charge in [-0.3, -0.25) is 4.79 Å². The molecule has 2 aromatic rings. The van der Waals surface area contributed by atoms with Crippen molar-refractivity contribution >= 4 is 38.5 Å². The number of benzene rings is 1. The Bertz CT molecular complexity index is 965. The zero-order valence-corrected chi connectivity index (χ0v) is 12.7. The van der Waals surface area contributed by atoms with Gasteiger partial charge in [-0.1, -0.05) is 11.6 Å². The van der Waals surface area contributed by atoms with E-state index >= 15 is 0 Å². The first-order valence-electron chi connectivity index (χ1n) is 5.77. The number of hydrogen-bond acceptors (Lipinski definition) is 5. The van der Waals surface area contributed by atoms with Gasteiger partial charge in [0.15, 0.2) is 15.3 Å². The predicted molar refractivity (Wildman–Crippen MR) is 80.7 cm³/mol. The predicted octanol–water partition coefficient (Wildman–Crippen LogP) is 2.66. The van der Waals surface area contributed by atoms with Gasteiger partial charge in [0.2, 0.25) is 0 Å². The van der Waals surface area contributed by atoms with Crippen LogP contribution in [-0.2, 0) is 9.84 Å². The molecule has 0 atom stereocenters. The molecule has 0 amide bonds. The van der Waals surface area contributed by atoms with E-state index in [4.69, 9.17) is 21.3 Å². The van der Waals surface area contributed by atoms with Gasteiger partial charge in [-0.05, 0) is 30.7 Å². The van der Waals surface area contributed by atoms with Crippen LogP contribution in [0.3, 0.4) is 0 Å². The van der Waals surface area contributed by atoms with Crippen molar-refractivity contribution in [3.63, 3.8) is 0 Å². The van der Waals surface area contributed by atoms with Crippen LogP contribution in [0.2, 0.25) is 5.02 Å². The van der Waals surface area contributed by atoms with Crippen LogP contribution >= 0.6 is 11.6 Å². The third-order valence-electron chi connectivity index (χ3n) is 2.88. The molecule has 0 N–H and O–H groups in total. The number of nitriles is 1. The van der Waals surface area contributed by atoms with Crippen LogP contribution in [0.5, 0.6) is 0 Å². The molecule has 0 aliphatic carbocycles. The Morgan fingerprint density at radius 2 is 2.10 bits per heavy atom. The fourth-order valence-electron chi connectivity index (χ4n) is 1.73. The molecule has 0 radical (unpaired) electrons. The van der Waals surface area contributed by atoms with Gasteiger partial charge >= 0.3 is 0 Å². The van der Waals surface area contributed by atoms with E-state index in [-0.39, 0.29) is 10.9 Å². The van der Waals surface area contributed by atoms with Crippen molar-refractivity contribution in [3.8, 4) is 6.07 Å². The van der Waals surface area contributed by atoms with Crippen LogP contribution in [0.25, 0.3) is 17.0 Å². The van der Waals surface area contributed by atoms with Gasteiger partial charge in [0.1, 0.15) is 22.8 Å². The van der Waals surface area contributed by atoms with E-state index in [0.29, 0.717) is 10.6 Å². The van der Waals surface area contributed by atoms with Crippen LogP contribution in [0.1, 0.15) is 11.1 Å². The van der Waals surface area contributed by atoms with Crippen molar-refractivity contribution in [2.75, 3.05) is 6.26 Å². The van der Waals surface area contributed by atoms with E-state index in [1.165, 1.54) is 6.07 Å². The standard InChI is InChI=1S/C14H10ClNO4S/c1-8-3-13-11(5-12(8)15)14(17)9(7-20-13)4-10(6-16)21(2,18)19/h3-5,7H,1-2H3/b10-4+.